The van der Waals surface area contributed by atoms with E-state index < -0.39 is 9.84 Å². The number of hydrogen-bond acceptors (Lipinski definition) is 4. The Kier molecular flexibility index (Phi) is 4.77. The van der Waals surface area contributed by atoms with E-state index >= 15 is 0 Å². The summed E-state index contributed by atoms with van der Waals surface area (Å²) < 4.78 is 22.9. The zero-order valence-corrected chi connectivity index (χ0v) is 13.1. The van der Waals surface area contributed by atoms with Crippen molar-refractivity contribution in [1.29, 1.82) is 0 Å². The number of amides is 1. The van der Waals surface area contributed by atoms with E-state index in [1.807, 2.05) is 6.07 Å². The fraction of sp³-hybridized carbons (Fsp3) is 0.467. The highest BCUT2D eigenvalue weighted by Crippen LogP contribution is 2.29. The lowest BCUT2D eigenvalue weighted by atomic mass is 10.2. The van der Waals surface area contributed by atoms with Crippen molar-refractivity contribution in [2.45, 2.75) is 31.8 Å². The second-order valence-corrected chi connectivity index (χ2v) is 7.72. The highest BCUT2D eigenvalue weighted by Gasteiger charge is 2.35. The van der Waals surface area contributed by atoms with E-state index in [9.17, 15) is 13.2 Å². The maximum Gasteiger partial charge on any atom is 0.247 e. The summed E-state index contributed by atoms with van der Waals surface area (Å²) in [7, 11) is -3.10. The van der Waals surface area contributed by atoms with Crippen molar-refractivity contribution in [2.75, 3.05) is 12.0 Å². The Bertz CT molecular complexity index is 622. The summed E-state index contributed by atoms with van der Waals surface area (Å²) >= 11 is 0. The molecule has 1 fully saturated rings. The van der Waals surface area contributed by atoms with Crippen LogP contribution in [-0.4, -0.2) is 48.3 Å². The van der Waals surface area contributed by atoms with Gasteiger partial charge in [-0.05, 0) is 37.5 Å². The number of aromatic nitrogens is 1. The molecule has 1 saturated carbocycles. The minimum atomic E-state index is -3.10. The van der Waals surface area contributed by atoms with E-state index in [4.69, 9.17) is 0 Å². The van der Waals surface area contributed by atoms with E-state index in [2.05, 4.69) is 4.98 Å². The Balaban J connectivity index is 2.08. The van der Waals surface area contributed by atoms with Crippen LogP contribution >= 0.6 is 0 Å². The van der Waals surface area contributed by atoms with Gasteiger partial charge in [-0.15, -0.1) is 0 Å². The summed E-state index contributed by atoms with van der Waals surface area (Å²) in [5.41, 5.74) is 0.845. The number of carbonyl (C=O) groups is 1. The molecule has 0 aliphatic heterocycles. The molecule has 1 atom stereocenters. The summed E-state index contributed by atoms with van der Waals surface area (Å²) in [6.07, 6.45) is 9.63. The molecular weight excluding hydrogens is 288 g/mol. The van der Waals surface area contributed by atoms with Crippen LogP contribution in [0.3, 0.4) is 0 Å². The zero-order valence-electron chi connectivity index (χ0n) is 12.3. The van der Waals surface area contributed by atoms with Crippen molar-refractivity contribution in [3.63, 3.8) is 0 Å². The lowest BCUT2D eigenvalue weighted by Gasteiger charge is -2.27. The average molecular weight is 308 g/mol. The second kappa shape index (κ2) is 6.39. The van der Waals surface area contributed by atoms with Gasteiger partial charge >= 0.3 is 0 Å². The maximum atomic E-state index is 12.3. The minimum absolute atomic E-state index is 0.00400. The van der Waals surface area contributed by atoms with Gasteiger partial charge in [-0.3, -0.25) is 9.78 Å². The molecule has 0 bridgehead atoms. The lowest BCUT2D eigenvalue weighted by Crippen LogP contribution is -2.43. The van der Waals surface area contributed by atoms with E-state index in [0.29, 0.717) is 0 Å². The Hall–Kier alpha value is -1.69. The van der Waals surface area contributed by atoms with Crippen LogP contribution in [0.4, 0.5) is 0 Å². The van der Waals surface area contributed by atoms with Crippen LogP contribution in [0, 0.1) is 0 Å². The fourth-order valence-electron chi connectivity index (χ4n) is 2.36. The van der Waals surface area contributed by atoms with E-state index in [0.717, 1.165) is 18.4 Å². The van der Waals surface area contributed by atoms with Crippen LogP contribution in [0.5, 0.6) is 0 Å². The standard InChI is InChI=1S/C15H20N2O3S/c1-12(11-21(2,19)20)17(14-6-7-14)15(18)8-5-13-4-3-9-16-10-13/h3-5,8-10,12,14H,6-7,11H2,1-2H3/b8-5+/t12-/m1/s1. The number of carbonyl (C=O) groups excluding carboxylic acids is 1. The van der Waals surface area contributed by atoms with Gasteiger partial charge in [0.2, 0.25) is 5.91 Å². The first-order chi connectivity index (χ1) is 9.87. The Morgan fingerprint density at radius 2 is 2.24 bits per heavy atom. The summed E-state index contributed by atoms with van der Waals surface area (Å²) in [4.78, 5) is 18.0. The number of pyridine rings is 1. The van der Waals surface area contributed by atoms with Crippen molar-refractivity contribution in [2.24, 2.45) is 0 Å². The van der Waals surface area contributed by atoms with E-state index in [-0.39, 0.29) is 23.7 Å². The smallest absolute Gasteiger partial charge is 0.247 e. The maximum absolute atomic E-state index is 12.3. The molecule has 0 N–H and O–H groups in total. The van der Waals surface area contributed by atoms with Gasteiger partial charge in [-0.25, -0.2) is 8.42 Å². The molecule has 1 aliphatic carbocycles. The predicted molar refractivity (Wildman–Crippen MR) is 82.3 cm³/mol. The molecule has 0 saturated heterocycles. The highest BCUT2D eigenvalue weighted by atomic mass is 32.2. The topological polar surface area (TPSA) is 67.3 Å². The van der Waals surface area contributed by atoms with Crippen LogP contribution in [0.1, 0.15) is 25.3 Å². The van der Waals surface area contributed by atoms with Crippen LogP contribution in [0.2, 0.25) is 0 Å². The molecule has 114 valence electrons. The number of nitrogens with zero attached hydrogens (tertiary/aromatic N) is 2. The van der Waals surface area contributed by atoms with Crippen LogP contribution in [0.15, 0.2) is 30.6 Å². The molecule has 1 aliphatic rings. The first-order valence-corrected chi connectivity index (χ1v) is 9.01. The van der Waals surface area contributed by atoms with Gasteiger partial charge < -0.3 is 4.90 Å². The van der Waals surface area contributed by atoms with Gasteiger partial charge in [0, 0.05) is 36.8 Å². The predicted octanol–water partition coefficient (Wildman–Crippen LogP) is 1.52. The van der Waals surface area contributed by atoms with Crippen LogP contribution in [0.25, 0.3) is 6.08 Å². The molecule has 2 rings (SSSR count). The fourth-order valence-corrected chi connectivity index (χ4v) is 3.39. The summed E-state index contributed by atoms with van der Waals surface area (Å²) in [5, 5.41) is 0. The summed E-state index contributed by atoms with van der Waals surface area (Å²) in [6, 6.07) is 3.53. The molecular formula is C15H20N2O3S. The third-order valence-electron chi connectivity index (χ3n) is 3.32. The Labute approximate surface area is 125 Å². The van der Waals surface area contributed by atoms with Crippen molar-refractivity contribution in [3.8, 4) is 0 Å². The molecule has 1 heterocycles. The van der Waals surface area contributed by atoms with Gasteiger partial charge in [0.25, 0.3) is 0 Å². The summed E-state index contributed by atoms with van der Waals surface area (Å²) in [6.45, 7) is 1.79. The number of sulfone groups is 1. The molecule has 21 heavy (non-hydrogen) atoms. The zero-order chi connectivity index (χ0) is 15.5. The Morgan fingerprint density at radius 3 is 2.76 bits per heavy atom. The molecule has 0 aromatic carbocycles. The molecule has 0 radical (unpaired) electrons. The molecule has 0 unspecified atom stereocenters. The largest absolute Gasteiger partial charge is 0.332 e. The third kappa shape index (κ3) is 4.97. The van der Waals surface area contributed by atoms with E-state index in [1.54, 1.807) is 36.4 Å². The number of hydrogen-bond donors (Lipinski definition) is 0. The summed E-state index contributed by atoms with van der Waals surface area (Å²) in [5.74, 6) is -0.145. The van der Waals surface area contributed by atoms with Crippen molar-refractivity contribution >= 4 is 21.8 Å². The van der Waals surface area contributed by atoms with Crippen LogP contribution < -0.4 is 0 Å². The molecule has 1 aromatic heterocycles. The molecule has 5 nitrogen and oxygen atoms in total. The Morgan fingerprint density at radius 1 is 1.52 bits per heavy atom. The molecule has 6 heteroatoms. The quantitative estimate of drug-likeness (QED) is 0.747. The van der Waals surface area contributed by atoms with Gasteiger partial charge in [-0.1, -0.05) is 6.07 Å². The third-order valence-corrected chi connectivity index (χ3v) is 4.40. The molecule has 1 aromatic rings. The monoisotopic (exact) mass is 308 g/mol. The average Bonchev–Trinajstić information content (AvgIpc) is 3.20. The van der Waals surface area contributed by atoms with Gasteiger partial charge in [0.05, 0.1) is 5.75 Å². The second-order valence-electron chi connectivity index (χ2n) is 5.54. The van der Waals surface area contributed by atoms with E-state index in [1.165, 1.54) is 12.3 Å². The van der Waals surface area contributed by atoms with Gasteiger partial charge in [0.15, 0.2) is 0 Å². The molecule has 1 amide bonds. The first-order valence-electron chi connectivity index (χ1n) is 6.95. The molecule has 0 spiro atoms. The van der Waals surface area contributed by atoms with Crippen LogP contribution in [-0.2, 0) is 14.6 Å². The minimum Gasteiger partial charge on any atom is -0.332 e. The lowest BCUT2D eigenvalue weighted by molar-refractivity contribution is -0.128. The first kappa shape index (κ1) is 15.7. The highest BCUT2D eigenvalue weighted by molar-refractivity contribution is 7.90. The number of rotatable bonds is 6. The van der Waals surface area contributed by atoms with Crippen molar-refractivity contribution in [1.82, 2.24) is 9.88 Å². The van der Waals surface area contributed by atoms with Gasteiger partial charge in [0.1, 0.15) is 9.84 Å². The normalized spacial score (nSPS) is 16.9. The van der Waals surface area contributed by atoms with Gasteiger partial charge in [-0.2, -0.15) is 0 Å². The van der Waals surface area contributed by atoms with Crippen molar-refractivity contribution in [3.05, 3.63) is 36.2 Å². The van der Waals surface area contributed by atoms with Crippen molar-refractivity contribution < 1.29 is 13.2 Å². The SMILES string of the molecule is C[C@H](CS(C)(=O)=O)N(C(=O)/C=C/c1cccnc1)C1CC1.